The van der Waals surface area contributed by atoms with Crippen LogP contribution in [0.15, 0.2) is 24.3 Å². The highest BCUT2D eigenvalue weighted by Crippen LogP contribution is 2.31. The molecule has 7 heteroatoms. The van der Waals surface area contributed by atoms with Crippen molar-refractivity contribution in [1.82, 2.24) is 9.80 Å². The Kier molecular flexibility index (Phi) is 3.23. The van der Waals surface area contributed by atoms with Gasteiger partial charge in [-0.05, 0) is 12.1 Å². The van der Waals surface area contributed by atoms with E-state index in [1.165, 1.54) is 45.5 Å². The minimum absolute atomic E-state index is 0.0829. The van der Waals surface area contributed by atoms with Crippen LogP contribution in [-0.4, -0.2) is 54.0 Å². The first-order valence-corrected chi connectivity index (χ1v) is 5.81. The van der Waals surface area contributed by atoms with Crippen LogP contribution in [0.25, 0.3) is 0 Å². The summed E-state index contributed by atoms with van der Waals surface area (Å²) in [5.74, 6) is -1.43. The number of hydrogen-bond acceptors (Lipinski definition) is 5. The highest BCUT2D eigenvalue weighted by atomic mass is 16.5. The molecule has 2 rings (SSSR count). The molecule has 0 aromatic heterocycles. The lowest BCUT2D eigenvalue weighted by Gasteiger charge is -2.38. The molecule has 0 radical (unpaired) electrons. The largest absolute Gasteiger partial charge is 0.497 e. The maximum atomic E-state index is 12.1. The second kappa shape index (κ2) is 4.61. The van der Waals surface area contributed by atoms with Crippen LogP contribution in [0.3, 0.4) is 0 Å². The molecular formula is C13H14N2O5. The number of rotatable bonds is 2. The number of carbonyl (C=O) groups is 3. The molecule has 1 aromatic rings. The number of amides is 4. The molecule has 0 atom stereocenters. The highest BCUT2D eigenvalue weighted by molar-refractivity contribution is 6.21. The molecule has 1 aliphatic heterocycles. The van der Waals surface area contributed by atoms with Gasteiger partial charge in [-0.1, -0.05) is 12.1 Å². The van der Waals surface area contributed by atoms with Crippen LogP contribution in [0.5, 0.6) is 5.75 Å². The normalized spacial score (nSPS) is 18.5. The molecule has 0 aliphatic carbocycles. The summed E-state index contributed by atoms with van der Waals surface area (Å²) >= 11 is 0. The third-order valence-corrected chi connectivity index (χ3v) is 3.31. The van der Waals surface area contributed by atoms with Crippen LogP contribution >= 0.6 is 0 Å². The Labute approximate surface area is 115 Å². The van der Waals surface area contributed by atoms with Gasteiger partial charge in [-0.15, -0.1) is 0 Å². The number of imide groups is 2. The van der Waals surface area contributed by atoms with Gasteiger partial charge in [-0.3, -0.25) is 19.4 Å². The Morgan fingerprint density at radius 2 is 1.45 bits per heavy atom. The number of hydrogen-bond donors (Lipinski definition) is 1. The lowest BCUT2D eigenvalue weighted by molar-refractivity contribution is -0.169. The molecular weight excluding hydrogens is 264 g/mol. The molecule has 0 bridgehead atoms. The maximum Gasteiger partial charge on any atom is 0.333 e. The molecule has 106 valence electrons. The van der Waals surface area contributed by atoms with Gasteiger partial charge in [0, 0.05) is 19.7 Å². The Hall–Kier alpha value is -2.41. The summed E-state index contributed by atoms with van der Waals surface area (Å²) < 4.78 is 4.98. The summed E-state index contributed by atoms with van der Waals surface area (Å²) in [5.41, 5.74) is -2.32. The van der Waals surface area contributed by atoms with Crippen molar-refractivity contribution in [2.75, 3.05) is 21.2 Å². The summed E-state index contributed by atoms with van der Waals surface area (Å²) in [7, 11) is 3.89. The van der Waals surface area contributed by atoms with E-state index in [4.69, 9.17) is 4.74 Å². The van der Waals surface area contributed by atoms with E-state index < -0.39 is 23.4 Å². The molecule has 7 nitrogen and oxygen atoms in total. The number of likely N-dealkylation sites (N-methyl/N-ethyl adjacent to an activating group) is 2. The standard InChI is InChI=1S/C13H14N2O5/c1-14-10(16)13(19,11(17)15(2)12(14)18)8-4-6-9(20-3)7-5-8/h4-7,19H,1-3H3. The van der Waals surface area contributed by atoms with Gasteiger partial charge in [0.2, 0.25) is 5.60 Å². The van der Waals surface area contributed by atoms with E-state index in [1.54, 1.807) is 0 Å². The van der Waals surface area contributed by atoms with Crippen molar-refractivity contribution in [3.63, 3.8) is 0 Å². The van der Waals surface area contributed by atoms with Crippen LogP contribution in [0, 0.1) is 0 Å². The number of carbonyl (C=O) groups excluding carboxylic acids is 3. The van der Waals surface area contributed by atoms with Gasteiger partial charge in [0.05, 0.1) is 7.11 Å². The van der Waals surface area contributed by atoms with Gasteiger partial charge < -0.3 is 9.84 Å². The predicted molar refractivity (Wildman–Crippen MR) is 67.8 cm³/mol. The summed E-state index contributed by atoms with van der Waals surface area (Å²) in [6, 6.07) is 5.07. The van der Waals surface area contributed by atoms with Crippen molar-refractivity contribution in [3.05, 3.63) is 29.8 Å². The van der Waals surface area contributed by atoms with E-state index in [1.807, 2.05) is 0 Å². The lowest BCUT2D eigenvalue weighted by Crippen LogP contribution is -2.65. The zero-order chi connectivity index (χ0) is 15.1. The van der Waals surface area contributed by atoms with E-state index in [9.17, 15) is 19.5 Å². The van der Waals surface area contributed by atoms with Gasteiger partial charge in [0.15, 0.2) is 0 Å². The fourth-order valence-corrected chi connectivity index (χ4v) is 2.05. The molecule has 0 spiro atoms. The quantitative estimate of drug-likeness (QED) is 0.765. The molecule has 1 N–H and O–H groups in total. The topological polar surface area (TPSA) is 87.2 Å². The number of urea groups is 1. The Morgan fingerprint density at radius 3 is 1.85 bits per heavy atom. The van der Waals surface area contributed by atoms with Crippen molar-refractivity contribution in [2.24, 2.45) is 0 Å². The van der Waals surface area contributed by atoms with Gasteiger partial charge >= 0.3 is 6.03 Å². The SMILES string of the molecule is COc1ccc(C2(O)C(=O)N(C)C(=O)N(C)C2=O)cc1. The summed E-state index contributed by atoms with van der Waals surface area (Å²) in [4.78, 5) is 37.4. The number of aliphatic hydroxyl groups is 1. The number of nitrogens with zero attached hydrogens (tertiary/aromatic N) is 2. The Bertz CT molecular complexity index is 557. The maximum absolute atomic E-state index is 12.1. The highest BCUT2D eigenvalue weighted by Gasteiger charge is 2.55. The van der Waals surface area contributed by atoms with Gasteiger partial charge in [-0.2, -0.15) is 0 Å². The second-order valence-corrected chi connectivity index (χ2v) is 4.45. The minimum Gasteiger partial charge on any atom is -0.497 e. The van der Waals surface area contributed by atoms with Crippen LogP contribution in [0.2, 0.25) is 0 Å². The van der Waals surface area contributed by atoms with Gasteiger partial charge in [0.25, 0.3) is 11.8 Å². The molecule has 1 saturated heterocycles. The van der Waals surface area contributed by atoms with Crippen LogP contribution < -0.4 is 4.74 Å². The summed E-state index contributed by atoms with van der Waals surface area (Å²) in [6.07, 6.45) is 0. The monoisotopic (exact) mass is 278 g/mol. The molecule has 0 unspecified atom stereocenters. The average molecular weight is 278 g/mol. The minimum atomic E-state index is -2.40. The third-order valence-electron chi connectivity index (χ3n) is 3.31. The van der Waals surface area contributed by atoms with Crippen molar-refractivity contribution < 1.29 is 24.2 Å². The average Bonchev–Trinajstić information content (AvgIpc) is 2.49. The summed E-state index contributed by atoms with van der Waals surface area (Å²) in [6.45, 7) is 0. The first kappa shape index (κ1) is 14.0. The smallest absolute Gasteiger partial charge is 0.333 e. The van der Waals surface area contributed by atoms with E-state index in [2.05, 4.69) is 0 Å². The van der Waals surface area contributed by atoms with Crippen molar-refractivity contribution in [3.8, 4) is 5.75 Å². The second-order valence-electron chi connectivity index (χ2n) is 4.45. The van der Waals surface area contributed by atoms with Gasteiger partial charge in [0.1, 0.15) is 5.75 Å². The fourth-order valence-electron chi connectivity index (χ4n) is 2.05. The predicted octanol–water partition coefficient (Wildman–Crippen LogP) is -0.0668. The van der Waals surface area contributed by atoms with Crippen molar-refractivity contribution in [1.29, 1.82) is 0 Å². The molecule has 4 amide bonds. The number of methoxy groups -OCH3 is 1. The summed E-state index contributed by atoms with van der Waals surface area (Å²) in [5, 5.41) is 10.5. The van der Waals surface area contributed by atoms with E-state index in [0.717, 1.165) is 0 Å². The molecule has 1 heterocycles. The van der Waals surface area contributed by atoms with Crippen molar-refractivity contribution in [2.45, 2.75) is 5.60 Å². The van der Waals surface area contributed by atoms with E-state index in [-0.39, 0.29) is 5.56 Å². The van der Waals surface area contributed by atoms with Crippen LogP contribution in [-0.2, 0) is 15.2 Å². The number of ether oxygens (including phenoxy) is 1. The van der Waals surface area contributed by atoms with Gasteiger partial charge in [-0.25, -0.2) is 4.79 Å². The molecule has 1 fully saturated rings. The van der Waals surface area contributed by atoms with Crippen LogP contribution in [0.4, 0.5) is 4.79 Å². The van der Waals surface area contributed by atoms with E-state index >= 15 is 0 Å². The zero-order valence-electron chi connectivity index (χ0n) is 11.3. The van der Waals surface area contributed by atoms with Crippen molar-refractivity contribution >= 4 is 17.8 Å². The first-order valence-electron chi connectivity index (χ1n) is 5.81. The molecule has 1 aliphatic rings. The lowest BCUT2D eigenvalue weighted by atomic mass is 9.89. The third kappa shape index (κ3) is 1.75. The fraction of sp³-hybridized carbons (Fsp3) is 0.308. The Morgan fingerprint density at radius 1 is 1.00 bits per heavy atom. The van der Waals surface area contributed by atoms with Crippen LogP contribution in [0.1, 0.15) is 5.56 Å². The molecule has 1 aromatic carbocycles. The first-order chi connectivity index (χ1) is 9.33. The zero-order valence-corrected chi connectivity index (χ0v) is 11.3. The number of barbiturate groups is 1. The Balaban J connectivity index is 2.52. The molecule has 0 saturated carbocycles. The molecule has 20 heavy (non-hydrogen) atoms. The van der Waals surface area contributed by atoms with E-state index in [0.29, 0.717) is 15.5 Å². The number of benzene rings is 1.